The Kier molecular flexibility index (Phi) is 3.85. The van der Waals surface area contributed by atoms with E-state index < -0.39 is 17.3 Å². The highest BCUT2D eigenvalue weighted by Crippen LogP contribution is 2.58. The van der Waals surface area contributed by atoms with Gasteiger partial charge in [0.15, 0.2) is 0 Å². The molecule has 0 aromatic carbocycles. The van der Waals surface area contributed by atoms with Crippen molar-refractivity contribution < 1.29 is 14.7 Å². The highest BCUT2D eigenvalue weighted by atomic mass is 16.4. The molecular weight excluding hydrogens is 244 g/mol. The van der Waals surface area contributed by atoms with Gasteiger partial charge in [-0.2, -0.15) is 0 Å². The van der Waals surface area contributed by atoms with E-state index in [1.54, 1.807) is 0 Å². The zero-order valence-electron chi connectivity index (χ0n) is 12.0. The number of likely N-dealkylation sites (tertiary alicyclic amines) is 1. The molecule has 1 aliphatic carbocycles. The number of nitrogens with zero attached hydrogens (tertiary/aromatic N) is 1. The molecule has 0 bridgehead atoms. The Morgan fingerprint density at radius 2 is 2.05 bits per heavy atom. The number of carbonyl (C=O) groups is 2. The summed E-state index contributed by atoms with van der Waals surface area (Å²) in [4.78, 5) is 25.4. The summed E-state index contributed by atoms with van der Waals surface area (Å²) in [5.74, 6) is -1.35. The van der Waals surface area contributed by atoms with Gasteiger partial charge in [-0.05, 0) is 37.8 Å². The highest BCUT2D eigenvalue weighted by Gasteiger charge is 2.65. The van der Waals surface area contributed by atoms with Gasteiger partial charge in [-0.1, -0.05) is 13.8 Å². The molecule has 5 heteroatoms. The second-order valence-corrected chi connectivity index (χ2v) is 6.63. The van der Waals surface area contributed by atoms with Crippen LogP contribution in [-0.4, -0.2) is 48.6 Å². The lowest BCUT2D eigenvalue weighted by Gasteiger charge is -2.29. The molecule has 3 atom stereocenters. The molecule has 1 saturated carbocycles. The van der Waals surface area contributed by atoms with Crippen molar-refractivity contribution in [3.63, 3.8) is 0 Å². The van der Waals surface area contributed by atoms with E-state index in [2.05, 4.69) is 17.3 Å². The number of carboxylic acids is 1. The van der Waals surface area contributed by atoms with Crippen LogP contribution >= 0.6 is 0 Å². The van der Waals surface area contributed by atoms with E-state index in [0.717, 1.165) is 19.5 Å². The number of carboxylic acid groups (broad SMARTS) is 1. The Hall–Kier alpha value is -1.10. The van der Waals surface area contributed by atoms with Crippen molar-refractivity contribution in [2.24, 2.45) is 23.2 Å². The molecule has 0 aromatic heterocycles. The molecule has 1 saturated heterocycles. The maximum Gasteiger partial charge on any atom is 0.307 e. The highest BCUT2D eigenvalue weighted by molar-refractivity contribution is 5.91. The van der Waals surface area contributed by atoms with Crippen LogP contribution in [0.2, 0.25) is 0 Å². The predicted molar refractivity (Wildman–Crippen MR) is 71.6 cm³/mol. The van der Waals surface area contributed by atoms with Crippen LogP contribution < -0.4 is 5.32 Å². The van der Waals surface area contributed by atoms with Crippen LogP contribution in [0.15, 0.2) is 0 Å². The Morgan fingerprint density at radius 1 is 1.37 bits per heavy atom. The van der Waals surface area contributed by atoms with Crippen LogP contribution in [-0.2, 0) is 9.59 Å². The normalized spacial score (nSPS) is 33.7. The molecule has 2 fully saturated rings. The summed E-state index contributed by atoms with van der Waals surface area (Å²) in [6, 6.07) is 0. The molecule has 2 N–H and O–H groups in total. The largest absolute Gasteiger partial charge is 0.481 e. The zero-order chi connectivity index (χ0) is 14.2. The molecule has 0 aromatic rings. The first kappa shape index (κ1) is 14.3. The molecule has 1 heterocycles. The molecule has 0 spiro atoms. The summed E-state index contributed by atoms with van der Waals surface area (Å²) in [5, 5.41) is 12.0. The van der Waals surface area contributed by atoms with E-state index in [1.165, 1.54) is 6.42 Å². The van der Waals surface area contributed by atoms with Gasteiger partial charge in [0, 0.05) is 13.1 Å². The molecule has 2 aliphatic rings. The Bertz CT molecular complexity index is 381. The molecule has 2 rings (SSSR count). The fourth-order valence-corrected chi connectivity index (χ4v) is 3.38. The van der Waals surface area contributed by atoms with Crippen LogP contribution in [0.1, 0.15) is 26.7 Å². The number of hydrogen-bond donors (Lipinski definition) is 2. The maximum atomic E-state index is 12.1. The number of carbonyl (C=O) groups excluding carboxylic acids is 1. The van der Waals surface area contributed by atoms with Gasteiger partial charge in [0.1, 0.15) is 0 Å². The minimum absolute atomic E-state index is 0.0920. The average Bonchev–Trinajstić information content (AvgIpc) is 2.90. The van der Waals surface area contributed by atoms with Crippen molar-refractivity contribution >= 4 is 11.9 Å². The summed E-state index contributed by atoms with van der Waals surface area (Å²) in [7, 11) is 2.10. The minimum Gasteiger partial charge on any atom is -0.481 e. The smallest absolute Gasteiger partial charge is 0.307 e. The van der Waals surface area contributed by atoms with Gasteiger partial charge in [-0.15, -0.1) is 0 Å². The van der Waals surface area contributed by atoms with Crippen LogP contribution in [0.4, 0.5) is 0 Å². The third-order valence-corrected chi connectivity index (χ3v) is 4.66. The van der Waals surface area contributed by atoms with Crippen LogP contribution in [0.5, 0.6) is 0 Å². The number of piperidine rings is 1. The van der Waals surface area contributed by atoms with Crippen LogP contribution in [0.3, 0.4) is 0 Å². The van der Waals surface area contributed by atoms with Crippen molar-refractivity contribution in [2.45, 2.75) is 26.7 Å². The summed E-state index contributed by atoms with van der Waals surface area (Å²) in [5.41, 5.74) is -0.403. The molecule has 1 amide bonds. The number of rotatable bonds is 4. The molecular formula is C14H24N2O3. The van der Waals surface area contributed by atoms with E-state index >= 15 is 0 Å². The lowest BCUT2D eigenvalue weighted by molar-refractivity contribution is -0.140. The maximum absolute atomic E-state index is 12.1. The molecule has 0 radical (unpaired) electrons. The lowest BCUT2D eigenvalue weighted by atomic mass is 9.98. The molecule has 108 valence electrons. The average molecular weight is 268 g/mol. The number of aliphatic carboxylic acids is 1. The zero-order valence-corrected chi connectivity index (χ0v) is 12.0. The number of amides is 1. The van der Waals surface area contributed by atoms with E-state index in [1.807, 2.05) is 13.8 Å². The Balaban J connectivity index is 1.81. The van der Waals surface area contributed by atoms with Crippen molar-refractivity contribution in [1.29, 1.82) is 0 Å². The van der Waals surface area contributed by atoms with Crippen molar-refractivity contribution in [2.75, 3.05) is 26.7 Å². The Morgan fingerprint density at radius 3 is 2.58 bits per heavy atom. The summed E-state index contributed by atoms with van der Waals surface area (Å²) >= 11 is 0. The second-order valence-electron chi connectivity index (χ2n) is 6.63. The first-order valence-corrected chi connectivity index (χ1v) is 7.03. The molecule has 5 nitrogen and oxygen atoms in total. The standard InChI is InChI=1S/C14H24N2O3/c1-14(2)10(11(14)13(18)19)12(17)15-7-9-5-4-6-16(3)8-9/h9-11H,4-8H2,1-3H3,(H,15,17)(H,18,19). The third kappa shape index (κ3) is 2.91. The summed E-state index contributed by atoms with van der Waals surface area (Å²) < 4.78 is 0. The van der Waals surface area contributed by atoms with Crippen LogP contribution in [0, 0.1) is 23.2 Å². The number of nitrogens with one attached hydrogen (secondary N) is 1. The number of hydrogen-bond acceptors (Lipinski definition) is 3. The third-order valence-electron chi connectivity index (χ3n) is 4.66. The van der Waals surface area contributed by atoms with Gasteiger partial charge in [-0.3, -0.25) is 9.59 Å². The van der Waals surface area contributed by atoms with Gasteiger partial charge in [0.25, 0.3) is 0 Å². The topological polar surface area (TPSA) is 69.6 Å². The fraction of sp³-hybridized carbons (Fsp3) is 0.857. The van der Waals surface area contributed by atoms with Crippen molar-refractivity contribution in [3.8, 4) is 0 Å². The molecule has 1 aliphatic heterocycles. The molecule has 3 unspecified atom stereocenters. The van der Waals surface area contributed by atoms with Gasteiger partial charge >= 0.3 is 5.97 Å². The molecule has 19 heavy (non-hydrogen) atoms. The Labute approximate surface area is 114 Å². The van der Waals surface area contributed by atoms with Gasteiger partial charge in [0.05, 0.1) is 11.8 Å². The summed E-state index contributed by atoms with van der Waals surface area (Å²) in [6.45, 7) is 6.51. The first-order valence-electron chi connectivity index (χ1n) is 7.03. The fourth-order valence-electron chi connectivity index (χ4n) is 3.38. The van der Waals surface area contributed by atoms with Gasteiger partial charge < -0.3 is 15.3 Å². The SMILES string of the molecule is CN1CCCC(CNC(=O)C2C(C(=O)O)C2(C)C)C1. The summed E-state index contributed by atoms with van der Waals surface area (Å²) in [6.07, 6.45) is 2.31. The van der Waals surface area contributed by atoms with E-state index in [9.17, 15) is 9.59 Å². The van der Waals surface area contributed by atoms with E-state index in [-0.39, 0.29) is 11.8 Å². The van der Waals surface area contributed by atoms with Gasteiger partial charge in [-0.25, -0.2) is 0 Å². The predicted octanol–water partition coefficient (Wildman–Crippen LogP) is 0.801. The lowest BCUT2D eigenvalue weighted by Crippen LogP contribution is -2.39. The van der Waals surface area contributed by atoms with Gasteiger partial charge in [0.2, 0.25) is 5.91 Å². The first-order chi connectivity index (χ1) is 8.84. The van der Waals surface area contributed by atoms with Crippen molar-refractivity contribution in [3.05, 3.63) is 0 Å². The minimum atomic E-state index is -0.859. The quantitative estimate of drug-likeness (QED) is 0.791. The second kappa shape index (κ2) is 5.12. The monoisotopic (exact) mass is 268 g/mol. The van der Waals surface area contributed by atoms with E-state index in [4.69, 9.17) is 5.11 Å². The van der Waals surface area contributed by atoms with Crippen LogP contribution in [0.25, 0.3) is 0 Å². The van der Waals surface area contributed by atoms with E-state index in [0.29, 0.717) is 12.5 Å². The van der Waals surface area contributed by atoms with Crippen molar-refractivity contribution in [1.82, 2.24) is 10.2 Å².